The number of halogens is 3. The Morgan fingerprint density at radius 3 is 2.79 bits per heavy atom. The van der Waals surface area contributed by atoms with Crippen LogP contribution in [0, 0.1) is 5.82 Å². The molecule has 0 aliphatic heterocycles. The molecule has 0 N–H and O–H groups in total. The molecular formula is C9H7BrClFO2. The normalized spacial score (nSPS) is 10.0. The number of alkyl halides is 1. The molecule has 0 bridgehead atoms. The van der Waals surface area contributed by atoms with Crippen molar-refractivity contribution in [1.29, 1.82) is 0 Å². The Hall–Kier alpha value is -0.610. The van der Waals surface area contributed by atoms with Crippen LogP contribution in [0.15, 0.2) is 16.6 Å². The van der Waals surface area contributed by atoms with E-state index in [0.717, 1.165) is 0 Å². The number of methoxy groups -OCH3 is 1. The highest BCUT2D eigenvalue weighted by atomic mass is 79.9. The van der Waals surface area contributed by atoms with Crippen LogP contribution in [0.3, 0.4) is 0 Å². The summed E-state index contributed by atoms with van der Waals surface area (Å²) >= 11 is 8.59. The first kappa shape index (κ1) is 11.5. The van der Waals surface area contributed by atoms with E-state index in [1.807, 2.05) is 0 Å². The first-order valence-electron chi connectivity index (χ1n) is 3.73. The number of esters is 1. The molecule has 2 nitrogen and oxygen atoms in total. The van der Waals surface area contributed by atoms with Crippen LogP contribution in [0.2, 0.25) is 0 Å². The summed E-state index contributed by atoms with van der Waals surface area (Å²) in [6, 6.07) is 2.70. The second kappa shape index (κ2) is 4.75. The monoisotopic (exact) mass is 280 g/mol. The quantitative estimate of drug-likeness (QED) is 0.615. The summed E-state index contributed by atoms with van der Waals surface area (Å²) in [7, 11) is 1.23. The third kappa shape index (κ3) is 2.07. The van der Waals surface area contributed by atoms with Crippen molar-refractivity contribution in [1.82, 2.24) is 0 Å². The number of ether oxygens (including phenoxy) is 1. The number of carbonyl (C=O) groups excluding carboxylic acids is 1. The molecule has 1 aromatic rings. The molecule has 0 atom stereocenters. The lowest BCUT2D eigenvalue weighted by atomic mass is 10.1. The van der Waals surface area contributed by atoms with Gasteiger partial charge in [0.2, 0.25) is 0 Å². The molecule has 0 saturated heterocycles. The van der Waals surface area contributed by atoms with Crippen LogP contribution in [0.5, 0.6) is 0 Å². The van der Waals surface area contributed by atoms with Crippen LogP contribution in [-0.2, 0) is 10.6 Å². The summed E-state index contributed by atoms with van der Waals surface area (Å²) in [5.41, 5.74) is 0.675. The molecule has 0 aromatic heterocycles. The van der Waals surface area contributed by atoms with E-state index in [0.29, 0.717) is 5.56 Å². The third-order valence-electron chi connectivity index (χ3n) is 1.71. The SMILES string of the molecule is COC(=O)c1c(CCl)ccc(F)c1Br. The Labute approximate surface area is 94.1 Å². The second-order valence-electron chi connectivity index (χ2n) is 2.52. The van der Waals surface area contributed by atoms with Gasteiger partial charge in [0.25, 0.3) is 0 Å². The molecule has 1 rings (SSSR count). The van der Waals surface area contributed by atoms with E-state index in [4.69, 9.17) is 11.6 Å². The van der Waals surface area contributed by atoms with E-state index in [1.54, 1.807) is 0 Å². The van der Waals surface area contributed by atoms with Crippen molar-refractivity contribution in [3.63, 3.8) is 0 Å². The highest BCUT2D eigenvalue weighted by Crippen LogP contribution is 2.25. The Morgan fingerprint density at radius 2 is 2.29 bits per heavy atom. The van der Waals surface area contributed by atoms with E-state index in [9.17, 15) is 9.18 Å². The van der Waals surface area contributed by atoms with Crippen LogP contribution in [-0.4, -0.2) is 13.1 Å². The minimum atomic E-state index is -0.605. The molecule has 0 spiro atoms. The van der Waals surface area contributed by atoms with Gasteiger partial charge >= 0.3 is 5.97 Å². The maximum Gasteiger partial charge on any atom is 0.339 e. The van der Waals surface area contributed by atoms with Crippen LogP contribution in [0.4, 0.5) is 4.39 Å². The summed E-state index contributed by atoms with van der Waals surface area (Å²) in [5, 5.41) is 0. The zero-order valence-electron chi connectivity index (χ0n) is 7.31. The molecule has 0 unspecified atom stereocenters. The van der Waals surface area contributed by atoms with Gasteiger partial charge in [-0.2, -0.15) is 0 Å². The average Bonchev–Trinajstić information content (AvgIpc) is 2.20. The molecule has 0 heterocycles. The Kier molecular flexibility index (Phi) is 3.89. The summed E-state index contributed by atoms with van der Waals surface area (Å²) < 4.78 is 17.7. The van der Waals surface area contributed by atoms with Crippen molar-refractivity contribution in [2.75, 3.05) is 7.11 Å². The molecule has 1 aromatic carbocycles. The molecule has 0 amide bonds. The van der Waals surface area contributed by atoms with Gasteiger partial charge in [0.05, 0.1) is 17.1 Å². The Bertz CT molecular complexity index is 368. The number of hydrogen-bond acceptors (Lipinski definition) is 2. The van der Waals surface area contributed by atoms with Crippen LogP contribution < -0.4 is 0 Å². The standard InChI is InChI=1S/C9H7BrClFO2/c1-14-9(13)7-5(4-11)2-3-6(12)8(7)10/h2-3H,4H2,1H3. The molecule has 5 heteroatoms. The van der Waals surface area contributed by atoms with E-state index < -0.39 is 11.8 Å². The van der Waals surface area contributed by atoms with Gasteiger partial charge in [-0.15, -0.1) is 11.6 Å². The fraction of sp³-hybridized carbons (Fsp3) is 0.222. The predicted molar refractivity (Wildman–Crippen MR) is 55.0 cm³/mol. The van der Waals surface area contributed by atoms with Gasteiger partial charge in [-0.1, -0.05) is 6.07 Å². The highest BCUT2D eigenvalue weighted by Gasteiger charge is 2.18. The zero-order chi connectivity index (χ0) is 10.7. The van der Waals surface area contributed by atoms with Crippen molar-refractivity contribution in [3.05, 3.63) is 33.5 Å². The maximum absolute atomic E-state index is 13.1. The number of carbonyl (C=O) groups is 1. The molecular weight excluding hydrogens is 274 g/mol. The molecule has 0 fully saturated rings. The smallest absolute Gasteiger partial charge is 0.339 e. The van der Waals surface area contributed by atoms with Crippen LogP contribution >= 0.6 is 27.5 Å². The van der Waals surface area contributed by atoms with E-state index in [1.165, 1.54) is 19.2 Å². The van der Waals surface area contributed by atoms with Gasteiger partial charge < -0.3 is 4.74 Å². The summed E-state index contributed by atoms with van der Waals surface area (Å²) in [4.78, 5) is 11.3. The lowest BCUT2D eigenvalue weighted by Crippen LogP contribution is -2.07. The summed E-state index contributed by atoms with van der Waals surface area (Å²) in [6.45, 7) is 0. The van der Waals surface area contributed by atoms with Gasteiger partial charge in [0.1, 0.15) is 5.82 Å². The zero-order valence-corrected chi connectivity index (χ0v) is 9.65. The number of benzene rings is 1. The van der Waals surface area contributed by atoms with Gasteiger partial charge in [0.15, 0.2) is 0 Å². The van der Waals surface area contributed by atoms with Crippen molar-refractivity contribution < 1.29 is 13.9 Å². The highest BCUT2D eigenvalue weighted by molar-refractivity contribution is 9.10. The Morgan fingerprint density at radius 1 is 1.64 bits per heavy atom. The first-order valence-corrected chi connectivity index (χ1v) is 5.05. The lowest BCUT2D eigenvalue weighted by molar-refractivity contribution is 0.0598. The molecule has 0 aliphatic carbocycles. The number of rotatable bonds is 2. The number of hydrogen-bond donors (Lipinski definition) is 0. The molecule has 0 saturated carbocycles. The molecule has 14 heavy (non-hydrogen) atoms. The largest absolute Gasteiger partial charge is 0.465 e. The van der Waals surface area contributed by atoms with Gasteiger partial charge in [-0.05, 0) is 27.6 Å². The first-order chi connectivity index (χ1) is 6.61. The average molecular weight is 282 g/mol. The fourth-order valence-electron chi connectivity index (χ4n) is 1.02. The molecule has 0 aliphatic rings. The van der Waals surface area contributed by atoms with Crippen LogP contribution in [0.1, 0.15) is 15.9 Å². The predicted octanol–water partition coefficient (Wildman–Crippen LogP) is 3.11. The van der Waals surface area contributed by atoms with E-state index >= 15 is 0 Å². The summed E-state index contributed by atoms with van der Waals surface area (Å²) in [6.07, 6.45) is 0. The third-order valence-corrected chi connectivity index (χ3v) is 2.78. The minimum absolute atomic E-state index is 0.0856. The van der Waals surface area contributed by atoms with E-state index in [-0.39, 0.29) is 15.9 Å². The lowest BCUT2D eigenvalue weighted by Gasteiger charge is -2.07. The van der Waals surface area contributed by atoms with Crippen molar-refractivity contribution >= 4 is 33.5 Å². The van der Waals surface area contributed by atoms with Gasteiger partial charge in [0, 0.05) is 5.88 Å². The fourth-order valence-corrected chi connectivity index (χ4v) is 1.80. The minimum Gasteiger partial charge on any atom is -0.465 e. The van der Waals surface area contributed by atoms with Crippen molar-refractivity contribution in [2.45, 2.75) is 5.88 Å². The van der Waals surface area contributed by atoms with Gasteiger partial charge in [-0.3, -0.25) is 0 Å². The summed E-state index contributed by atoms with van der Waals surface area (Å²) in [5.74, 6) is -0.991. The van der Waals surface area contributed by atoms with Crippen molar-refractivity contribution in [3.8, 4) is 0 Å². The van der Waals surface area contributed by atoms with Crippen LogP contribution in [0.25, 0.3) is 0 Å². The van der Waals surface area contributed by atoms with Gasteiger partial charge in [-0.25, -0.2) is 9.18 Å². The Balaban J connectivity index is 3.35. The second-order valence-corrected chi connectivity index (χ2v) is 3.58. The van der Waals surface area contributed by atoms with E-state index in [2.05, 4.69) is 20.7 Å². The molecule has 0 radical (unpaired) electrons. The molecule has 76 valence electrons. The maximum atomic E-state index is 13.1. The van der Waals surface area contributed by atoms with Crippen molar-refractivity contribution in [2.24, 2.45) is 0 Å². The topological polar surface area (TPSA) is 26.3 Å².